The Balaban J connectivity index is 2.65. The molecule has 0 heterocycles. The maximum absolute atomic E-state index is 13.4. The zero-order chi connectivity index (χ0) is 10.8. The lowest BCUT2D eigenvalue weighted by molar-refractivity contribution is -0.142. The van der Waals surface area contributed by atoms with E-state index in [1.54, 1.807) is 18.2 Å². The molecule has 0 saturated heterocycles. The van der Waals surface area contributed by atoms with E-state index in [4.69, 9.17) is 5.11 Å². The molecule has 76 valence electrons. The molecule has 3 heteroatoms. The Morgan fingerprint density at radius 3 is 2.53 bits per heavy atom. The fourth-order valence-electron chi connectivity index (χ4n) is 1.60. The van der Waals surface area contributed by atoms with Crippen molar-refractivity contribution >= 4 is 16.7 Å². The van der Waals surface area contributed by atoms with E-state index in [-0.39, 0.29) is 5.56 Å². The zero-order valence-electron chi connectivity index (χ0n) is 7.85. The largest absolute Gasteiger partial charge is 0.479 e. The van der Waals surface area contributed by atoms with Crippen LogP contribution in [0.3, 0.4) is 0 Å². The van der Waals surface area contributed by atoms with Gasteiger partial charge in [-0.25, -0.2) is 9.18 Å². The summed E-state index contributed by atoms with van der Waals surface area (Å²) in [6.45, 7) is 0. The summed E-state index contributed by atoms with van der Waals surface area (Å²) in [7, 11) is 0. The average Bonchev–Trinajstić information content (AvgIpc) is 2.27. The molecule has 2 aromatic rings. The highest BCUT2D eigenvalue weighted by Gasteiger charge is 2.19. The minimum atomic E-state index is -1.96. The van der Waals surface area contributed by atoms with Gasteiger partial charge in [-0.3, -0.25) is 0 Å². The number of fused-ring (bicyclic) bond motifs is 1. The average molecular weight is 204 g/mol. The fraction of sp³-hybridized carbons (Fsp3) is 0.0833. The van der Waals surface area contributed by atoms with Crippen LogP contribution in [0.5, 0.6) is 0 Å². The molecular weight excluding hydrogens is 195 g/mol. The van der Waals surface area contributed by atoms with Gasteiger partial charge in [0.1, 0.15) is 0 Å². The molecule has 0 aliphatic rings. The van der Waals surface area contributed by atoms with E-state index in [0.29, 0.717) is 5.39 Å². The summed E-state index contributed by atoms with van der Waals surface area (Å²) in [4.78, 5) is 10.6. The summed E-state index contributed by atoms with van der Waals surface area (Å²) in [5.41, 5.74) is 0.209. The Bertz CT molecular complexity index is 502. The van der Waals surface area contributed by atoms with Crippen molar-refractivity contribution in [1.29, 1.82) is 0 Å². The molecule has 0 fully saturated rings. The first-order valence-electron chi connectivity index (χ1n) is 4.54. The molecule has 2 nitrogen and oxygen atoms in total. The predicted molar refractivity (Wildman–Crippen MR) is 55.4 cm³/mol. The highest BCUT2D eigenvalue weighted by atomic mass is 19.1. The lowest BCUT2D eigenvalue weighted by Crippen LogP contribution is -2.06. The van der Waals surface area contributed by atoms with Gasteiger partial charge in [0.2, 0.25) is 6.17 Å². The monoisotopic (exact) mass is 204 g/mol. The predicted octanol–water partition coefficient (Wildman–Crippen LogP) is 2.94. The Labute approximate surface area is 86.0 Å². The van der Waals surface area contributed by atoms with Crippen LogP contribution in [-0.2, 0) is 4.79 Å². The van der Waals surface area contributed by atoms with Crippen molar-refractivity contribution in [1.82, 2.24) is 0 Å². The maximum atomic E-state index is 13.4. The summed E-state index contributed by atoms with van der Waals surface area (Å²) in [5.74, 6) is -1.45. The minimum absolute atomic E-state index is 0.209. The summed E-state index contributed by atoms with van der Waals surface area (Å²) >= 11 is 0. The van der Waals surface area contributed by atoms with Crippen molar-refractivity contribution in [2.24, 2.45) is 0 Å². The highest BCUT2D eigenvalue weighted by Crippen LogP contribution is 2.26. The molecule has 0 aliphatic heterocycles. The number of benzene rings is 2. The smallest absolute Gasteiger partial charge is 0.343 e. The van der Waals surface area contributed by atoms with E-state index >= 15 is 0 Å². The van der Waals surface area contributed by atoms with Gasteiger partial charge in [-0.15, -0.1) is 0 Å². The van der Waals surface area contributed by atoms with Gasteiger partial charge in [0.15, 0.2) is 0 Å². The van der Waals surface area contributed by atoms with Gasteiger partial charge in [-0.1, -0.05) is 42.5 Å². The molecule has 0 aliphatic carbocycles. The van der Waals surface area contributed by atoms with Gasteiger partial charge < -0.3 is 5.11 Å². The Kier molecular flexibility index (Phi) is 2.37. The van der Waals surface area contributed by atoms with Crippen molar-refractivity contribution in [3.8, 4) is 0 Å². The molecule has 2 aromatic carbocycles. The first-order valence-corrected chi connectivity index (χ1v) is 4.54. The third-order valence-corrected chi connectivity index (χ3v) is 2.31. The van der Waals surface area contributed by atoms with Crippen LogP contribution >= 0.6 is 0 Å². The number of halogens is 1. The lowest BCUT2D eigenvalue weighted by atomic mass is 10.0. The van der Waals surface area contributed by atoms with Crippen LogP contribution in [0, 0.1) is 0 Å². The standard InChI is InChI=1S/C12H9FO2/c13-11(12(14)15)10-7-3-5-8-4-1-2-6-9(8)10/h1-7,11H,(H,14,15)/t11-/m1/s1. The number of carboxylic acid groups (broad SMARTS) is 1. The Morgan fingerprint density at radius 2 is 1.80 bits per heavy atom. The normalized spacial score (nSPS) is 12.6. The minimum Gasteiger partial charge on any atom is -0.479 e. The number of carboxylic acids is 1. The molecule has 0 amide bonds. The number of carbonyl (C=O) groups is 1. The second-order valence-corrected chi connectivity index (χ2v) is 3.27. The van der Waals surface area contributed by atoms with Crippen LogP contribution < -0.4 is 0 Å². The van der Waals surface area contributed by atoms with Crippen molar-refractivity contribution in [2.45, 2.75) is 6.17 Å². The van der Waals surface area contributed by atoms with Crippen molar-refractivity contribution < 1.29 is 14.3 Å². The summed E-state index contributed by atoms with van der Waals surface area (Å²) in [6.07, 6.45) is -1.96. The molecule has 0 aromatic heterocycles. The van der Waals surface area contributed by atoms with E-state index in [1.807, 2.05) is 18.2 Å². The van der Waals surface area contributed by atoms with Gasteiger partial charge in [0, 0.05) is 5.56 Å². The second-order valence-electron chi connectivity index (χ2n) is 3.27. The van der Waals surface area contributed by atoms with Gasteiger partial charge >= 0.3 is 5.97 Å². The van der Waals surface area contributed by atoms with Crippen LogP contribution in [0.2, 0.25) is 0 Å². The van der Waals surface area contributed by atoms with Crippen molar-refractivity contribution in [3.63, 3.8) is 0 Å². The molecule has 1 N–H and O–H groups in total. The van der Waals surface area contributed by atoms with Crippen molar-refractivity contribution in [3.05, 3.63) is 48.0 Å². The molecule has 0 saturated carbocycles. The summed E-state index contributed by atoms with van der Waals surface area (Å²) < 4.78 is 13.4. The summed E-state index contributed by atoms with van der Waals surface area (Å²) in [5, 5.41) is 10.1. The molecule has 0 unspecified atom stereocenters. The van der Waals surface area contributed by atoms with Crippen LogP contribution in [0.15, 0.2) is 42.5 Å². The van der Waals surface area contributed by atoms with E-state index in [1.165, 1.54) is 6.07 Å². The number of hydrogen-bond acceptors (Lipinski definition) is 1. The zero-order valence-corrected chi connectivity index (χ0v) is 7.85. The number of rotatable bonds is 2. The fourth-order valence-corrected chi connectivity index (χ4v) is 1.60. The molecule has 2 rings (SSSR count). The third-order valence-electron chi connectivity index (χ3n) is 2.31. The van der Waals surface area contributed by atoms with E-state index < -0.39 is 12.1 Å². The number of alkyl halides is 1. The molecule has 0 radical (unpaired) electrons. The lowest BCUT2D eigenvalue weighted by Gasteiger charge is -2.07. The van der Waals surface area contributed by atoms with E-state index in [0.717, 1.165) is 5.39 Å². The quantitative estimate of drug-likeness (QED) is 0.816. The number of hydrogen-bond donors (Lipinski definition) is 1. The first kappa shape index (κ1) is 9.65. The van der Waals surface area contributed by atoms with E-state index in [2.05, 4.69) is 0 Å². The van der Waals surface area contributed by atoms with Gasteiger partial charge in [0.05, 0.1) is 0 Å². The first-order chi connectivity index (χ1) is 7.20. The molecule has 0 bridgehead atoms. The van der Waals surface area contributed by atoms with Crippen LogP contribution in [0.25, 0.3) is 10.8 Å². The van der Waals surface area contributed by atoms with Crippen molar-refractivity contribution in [2.75, 3.05) is 0 Å². The third kappa shape index (κ3) is 1.68. The Morgan fingerprint density at radius 1 is 1.13 bits per heavy atom. The van der Waals surface area contributed by atoms with Gasteiger partial charge in [-0.05, 0) is 10.8 Å². The van der Waals surface area contributed by atoms with Crippen LogP contribution in [-0.4, -0.2) is 11.1 Å². The maximum Gasteiger partial charge on any atom is 0.343 e. The van der Waals surface area contributed by atoms with Crippen LogP contribution in [0.1, 0.15) is 11.7 Å². The Hall–Kier alpha value is -1.90. The summed E-state index contributed by atoms with van der Waals surface area (Å²) in [6, 6.07) is 12.1. The highest BCUT2D eigenvalue weighted by molar-refractivity contribution is 5.89. The van der Waals surface area contributed by atoms with Crippen LogP contribution in [0.4, 0.5) is 4.39 Å². The van der Waals surface area contributed by atoms with Gasteiger partial charge in [0.25, 0.3) is 0 Å². The topological polar surface area (TPSA) is 37.3 Å². The molecule has 15 heavy (non-hydrogen) atoms. The SMILES string of the molecule is O=C(O)[C@H](F)c1cccc2ccccc12. The second kappa shape index (κ2) is 3.69. The molecule has 0 spiro atoms. The van der Waals surface area contributed by atoms with E-state index in [9.17, 15) is 9.18 Å². The molecule has 1 atom stereocenters. The van der Waals surface area contributed by atoms with Gasteiger partial charge in [-0.2, -0.15) is 0 Å². The number of aliphatic carboxylic acids is 1. The molecular formula is C12H9FO2.